The topological polar surface area (TPSA) is 52.7 Å². The summed E-state index contributed by atoms with van der Waals surface area (Å²) < 4.78 is 0. The standard InChI is InChI=1S/C13H23N3O2/c1-10(2)13(18)15-6-3-4-11(9-15)16-7-5-14-8-12(16)17/h10-11,14H,3-9H2,1-2H3. The Kier molecular flexibility index (Phi) is 4.22. The number of piperazine rings is 1. The first kappa shape index (κ1) is 13.3. The summed E-state index contributed by atoms with van der Waals surface area (Å²) in [6.07, 6.45) is 2.02. The van der Waals surface area contributed by atoms with Gasteiger partial charge in [-0.1, -0.05) is 13.8 Å². The third-order valence-corrected chi connectivity index (χ3v) is 3.77. The van der Waals surface area contributed by atoms with E-state index in [2.05, 4.69) is 5.32 Å². The van der Waals surface area contributed by atoms with Crippen molar-refractivity contribution in [3.63, 3.8) is 0 Å². The van der Waals surface area contributed by atoms with Crippen molar-refractivity contribution in [2.45, 2.75) is 32.7 Å². The van der Waals surface area contributed by atoms with E-state index in [1.54, 1.807) is 0 Å². The van der Waals surface area contributed by atoms with Gasteiger partial charge in [0.15, 0.2) is 0 Å². The van der Waals surface area contributed by atoms with Gasteiger partial charge in [-0.05, 0) is 12.8 Å². The molecule has 5 nitrogen and oxygen atoms in total. The minimum absolute atomic E-state index is 0.0440. The van der Waals surface area contributed by atoms with Crippen LogP contribution < -0.4 is 5.32 Å². The van der Waals surface area contributed by atoms with Gasteiger partial charge in [-0.2, -0.15) is 0 Å². The maximum Gasteiger partial charge on any atom is 0.236 e. The number of nitrogens with zero attached hydrogens (tertiary/aromatic N) is 2. The van der Waals surface area contributed by atoms with Gasteiger partial charge in [-0.15, -0.1) is 0 Å². The van der Waals surface area contributed by atoms with Gasteiger partial charge in [0.25, 0.3) is 0 Å². The molecular weight excluding hydrogens is 230 g/mol. The Morgan fingerprint density at radius 3 is 2.83 bits per heavy atom. The molecule has 0 saturated carbocycles. The van der Waals surface area contributed by atoms with E-state index in [4.69, 9.17) is 0 Å². The number of nitrogens with one attached hydrogen (secondary N) is 1. The third kappa shape index (κ3) is 2.83. The van der Waals surface area contributed by atoms with Gasteiger partial charge in [-0.3, -0.25) is 9.59 Å². The SMILES string of the molecule is CC(C)C(=O)N1CCCC(N2CCNCC2=O)C1. The summed E-state index contributed by atoms with van der Waals surface area (Å²) in [5.41, 5.74) is 0. The Hall–Kier alpha value is -1.10. The molecule has 1 unspecified atom stereocenters. The van der Waals surface area contributed by atoms with E-state index in [0.29, 0.717) is 13.1 Å². The highest BCUT2D eigenvalue weighted by molar-refractivity contribution is 5.80. The van der Waals surface area contributed by atoms with Crippen LogP contribution in [0.2, 0.25) is 0 Å². The van der Waals surface area contributed by atoms with E-state index in [0.717, 1.165) is 32.5 Å². The van der Waals surface area contributed by atoms with E-state index in [1.807, 2.05) is 23.6 Å². The molecule has 18 heavy (non-hydrogen) atoms. The molecule has 2 heterocycles. The molecule has 0 aromatic carbocycles. The molecule has 2 saturated heterocycles. The molecule has 0 aromatic heterocycles. The molecule has 2 aliphatic rings. The maximum absolute atomic E-state index is 12.0. The first-order valence-electron chi connectivity index (χ1n) is 6.88. The van der Waals surface area contributed by atoms with Crippen molar-refractivity contribution in [1.29, 1.82) is 0 Å². The number of likely N-dealkylation sites (tertiary alicyclic amines) is 1. The lowest BCUT2D eigenvalue weighted by molar-refractivity contribution is -0.142. The summed E-state index contributed by atoms with van der Waals surface area (Å²) in [7, 11) is 0. The number of rotatable bonds is 2. The molecule has 0 radical (unpaired) electrons. The lowest BCUT2D eigenvalue weighted by Gasteiger charge is -2.41. The molecule has 0 aromatic rings. The van der Waals surface area contributed by atoms with Crippen LogP contribution in [0.1, 0.15) is 26.7 Å². The van der Waals surface area contributed by atoms with Gasteiger partial charge in [0, 0.05) is 38.1 Å². The Morgan fingerprint density at radius 2 is 2.17 bits per heavy atom. The Bertz CT molecular complexity index is 330. The summed E-state index contributed by atoms with van der Waals surface area (Å²) in [6, 6.07) is 0.219. The van der Waals surface area contributed by atoms with Gasteiger partial charge in [0.05, 0.1) is 6.54 Å². The predicted octanol–water partition coefficient (Wildman–Crippen LogP) is 0.0652. The molecule has 102 valence electrons. The minimum Gasteiger partial charge on any atom is -0.340 e. The zero-order valence-electron chi connectivity index (χ0n) is 11.3. The molecule has 0 bridgehead atoms. The Balaban J connectivity index is 1.97. The van der Waals surface area contributed by atoms with E-state index in [9.17, 15) is 9.59 Å². The molecule has 2 amide bonds. The van der Waals surface area contributed by atoms with Crippen LogP contribution in [0.5, 0.6) is 0 Å². The zero-order chi connectivity index (χ0) is 13.1. The van der Waals surface area contributed by atoms with Crippen molar-refractivity contribution in [3.05, 3.63) is 0 Å². The van der Waals surface area contributed by atoms with E-state index < -0.39 is 0 Å². The van der Waals surface area contributed by atoms with E-state index in [1.165, 1.54) is 0 Å². The highest BCUT2D eigenvalue weighted by Crippen LogP contribution is 2.18. The number of carbonyl (C=O) groups is 2. The third-order valence-electron chi connectivity index (χ3n) is 3.77. The number of hydrogen-bond acceptors (Lipinski definition) is 3. The number of carbonyl (C=O) groups excluding carboxylic acids is 2. The van der Waals surface area contributed by atoms with Crippen molar-refractivity contribution in [2.24, 2.45) is 5.92 Å². The summed E-state index contributed by atoms with van der Waals surface area (Å²) >= 11 is 0. The molecule has 1 N–H and O–H groups in total. The summed E-state index contributed by atoms with van der Waals surface area (Å²) in [5.74, 6) is 0.426. The van der Waals surface area contributed by atoms with Gasteiger partial charge < -0.3 is 15.1 Å². The smallest absolute Gasteiger partial charge is 0.236 e. The van der Waals surface area contributed by atoms with Crippen LogP contribution >= 0.6 is 0 Å². The number of amides is 2. The van der Waals surface area contributed by atoms with Crippen LogP contribution in [0.4, 0.5) is 0 Å². The molecule has 2 fully saturated rings. The van der Waals surface area contributed by atoms with Gasteiger partial charge in [-0.25, -0.2) is 0 Å². The number of hydrogen-bond donors (Lipinski definition) is 1. The van der Waals surface area contributed by atoms with Crippen molar-refractivity contribution >= 4 is 11.8 Å². The fraction of sp³-hybridized carbons (Fsp3) is 0.846. The predicted molar refractivity (Wildman–Crippen MR) is 69.0 cm³/mol. The van der Waals surface area contributed by atoms with Gasteiger partial charge >= 0.3 is 0 Å². The quantitative estimate of drug-likeness (QED) is 0.757. The van der Waals surface area contributed by atoms with Crippen LogP contribution in [-0.4, -0.2) is 60.4 Å². The van der Waals surface area contributed by atoms with Crippen LogP contribution in [0.3, 0.4) is 0 Å². The molecule has 0 aliphatic carbocycles. The first-order valence-corrected chi connectivity index (χ1v) is 6.88. The van der Waals surface area contributed by atoms with Gasteiger partial charge in [0.2, 0.25) is 11.8 Å². The second-order valence-corrected chi connectivity index (χ2v) is 5.50. The van der Waals surface area contributed by atoms with Crippen LogP contribution in [-0.2, 0) is 9.59 Å². The van der Waals surface area contributed by atoms with Crippen LogP contribution in [0, 0.1) is 5.92 Å². The van der Waals surface area contributed by atoms with E-state index in [-0.39, 0.29) is 23.8 Å². The van der Waals surface area contributed by atoms with Crippen LogP contribution in [0.15, 0.2) is 0 Å². The van der Waals surface area contributed by atoms with Crippen molar-refractivity contribution in [3.8, 4) is 0 Å². The summed E-state index contributed by atoms with van der Waals surface area (Å²) in [5, 5.41) is 3.08. The minimum atomic E-state index is 0.0440. The lowest BCUT2D eigenvalue weighted by atomic mass is 10.0. The lowest BCUT2D eigenvalue weighted by Crippen LogP contribution is -2.57. The molecular formula is C13H23N3O2. The van der Waals surface area contributed by atoms with Gasteiger partial charge in [0.1, 0.15) is 0 Å². The number of piperidine rings is 1. The fourth-order valence-corrected chi connectivity index (χ4v) is 2.78. The summed E-state index contributed by atoms with van der Waals surface area (Å²) in [6.45, 7) is 7.49. The molecule has 2 rings (SSSR count). The highest BCUT2D eigenvalue weighted by atomic mass is 16.2. The average molecular weight is 253 g/mol. The summed E-state index contributed by atoms with van der Waals surface area (Å²) in [4.78, 5) is 27.8. The van der Waals surface area contributed by atoms with Crippen molar-refractivity contribution in [2.75, 3.05) is 32.7 Å². The molecule has 1 atom stereocenters. The van der Waals surface area contributed by atoms with Crippen LogP contribution in [0.25, 0.3) is 0 Å². The second-order valence-electron chi connectivity index (χ2n) is 5.50. The van der Waals surface area contributed by atoms with Crippen molar-refractivity contribution in [1.82, 2.24) is 15.1 Å². The Labute approximate surface area is 108 Å². The fourth-order valence-electron chi connectivity index (χ4n) is 2.78. The van der Waals surface area contributed by atoms with Crippen molar-refractivity contribution < 1.29 is 9.59 Å². The molecule has 2 aliphatic heterocycles. The normalized spacial score (nSPS) is 25.7. The molecule has 5 heteroatoms. The zero-order valence-corrected chi connectivity index (χ0v) is 11.3. The first-order chi connectivity index (χ1) is 8.59. The highest BCUT2D eigenvalue weighted by Gasteiger charge is 2.31. The average Bonchev–Trinajstić information content (AvgIpc) is 2.38. The largest absolute Gasteiger partial charge is 0.340 e. The monoisotopic (exact) mass is 253 g/mol. The van der Waals surface area contributed by atoms with E-state index >= 15 is 0 Å². The molecule has 0 spiro atoms. The maximum atomic E-state index is 12.0. The second kappa shape index (κ2) is 5.69. The Morgan fingerprint density at radius 1 is 1.39 bits per heavy atom.